The Labute approximate surface area is 174 Å². The van der Waals surface area contributed by atoms with Crippen molar-refractivity contribution in [1.82, 2.24) is 15.1 Å². The van der Waals surface area contributed by atoms with Crippen LogP contribution >= 0.6 is 0 Å². The van der Waals surface area contributed by atoms with Gasteiger partial charge in [-0.05, 0) is 0 Å². The van der Waals surface area contributed by atoms with E-state index >= 15 is 0 Å². The molecule has 1 aromatic rings. The predicted octanol–water partition coefficient (Wildman–Crippen LogP) is 0.951. The van der Waals surface area contributed by atoms with Gasteiger partial charge in [0.25, 0.3) is 0 Å². The molecule has 0 spiro atoms. The van der Waals surface area contributed by atoms with Crippen molar-refractivity contribution >= 4 is 37.1 Å². The van der Waals surface area contributed by atoms with Crippen molar-refractivity contribution in [2.24, 2.45) is 0 Å². The van der Waals surface area contributed by atoms with Crippen molar-refractivity contribution in [3.8, 4) is 0 Å². The van der Waals surface area contributed by atoms with Crippen LogP contribution in [0.3, 0.4) is 0 Å². The van der Waals surface area contributed by atoms with Crippen molar-refractivity contribution < 1.29 is 27.6 Å². The number of alkyl halides is 3. The Hall–Kier alpha value is -2.06. The topological polar surface area (TPSA) is 69.7 Å². The molecule has 6 nitrogen and oxygen atoms in total. The summed E-state index contributed by atoms with van der Waals surface area (Å²) >= 11 is -0.537. The molecule has 0 aromatic heterocycles. The third-order valence-corrected chi connectivity index (χ3v) is 7.54. The third kappa shape index (κ3) is 5.96. The first-order valence-electron chi connectivity index (χ1n) is 9.13. The molecule has 29 heavy (non-hydrogen) atoms. The standard InChI is InChI=1S/C19H24F3N3O3Se/c1-12(23-18(28)19(20,21)22)15(29-13-8-5-4-6-9-13)17(27)25-11-7-10-14(25)16(26)24(2)3/h4-6,8-9,12,14-15H,7,10-11H2,1-3H3,(H,23,28)/t12-,14-,15-/m0/s1. The van der Waals surface area contributed by atoms with Gasteiger partial charge >= 0.3 is 174 Å². The fourth-order valence-electron chi connectivity index (χ4n) is 3.13. The second-order valence-electron chi connectivity index (χ2n) is 7.03. The molecule has 3 amide bonds. The summed E-state index contributed by atoms with van der Waals surface area (Å²) < 4.78 is 38.9. The van der Waals surface area contributed by atoms with E-state index in [9.17, 15) is 27.6 Å². The van der Waals surface area contributed by atoms with Crippen LogP contribution in [0.4, 0.5) is 13.2 Å². The molecule has 2 rings (SSSR count). The van der Waals surface area contributed by atoms with E-state index in [1.807, 2.05) is 5.32 Å². The second kappa shape index (κ2) is 9.63. The summed E-state index contributed by atoms with van der Waals surface area (Å²) in [6.07, 6.45) is -3.87. The van der Waals surface area contributed by atoms with Crippen LogP contribution < -0.4 is 9.78 Å². The second-order valence-corrected chi connectivity index (χ2v) is 9.58. The molecule has 0 saturated carbocycles. The summed E-state index contributed by atoms with van der Waals surface area (Å²) in [5, 5.41) is 1.92. The molecule has 0 bridgehead atoms. The van der Waals surface area contributed by atoms with Crippen molar-refractivity contribution in [1.29, 1.82) is 0 Å². The molecule has 1 aliphatic rings. The van der Waals surface area contributed by atoms with Gasteiger partial charge in [0.15, 0.2) is 0 Å². The molecule has 1 saturated heterocycles. The number of carbonyl (C=O) groups excluding carboxylic acids is 3. The summed E-state index contributed by atoms with van der Waals surface area (Å²) in [5.74, 6) is -2.69. The third-order valence-electron chi connectivity index (χ3n) is 4.58. The van der Waals surface area contributed by atoms with Gasteiger partial charge in [0.05, 0.1) is 0 Å². The number of carbonyl (C=O) groups is 3. The van der Waals surface area contributed by atoms with Gasteiger partial charge in [0, 0.05) is 0 Å². The van der Waals surface area contributed by atoms with E-state index in [2.05, 4.69) is 0 Å². The van der Waals surface area contributed by atoms with Crippen molar-refractivity contribution in [3.05, 3.63) is 30.3 Å². The Morgan fingerprint density at radius 1 is 1.21 bits per heavy atom. The van der Waals surface area contributed by atoms with E-state index in [0.29, 0.717) is 19.4 Å². The average molecular weight is 478 g/mol. The maximum atomic E-state index is 13.3. The van der Waals surface area contributed by atoms with Gasteiger partial charge < -0.3 is 0 Å². The van der Waals surface area contributed by atoms with E-state index in [1.165, 1.54) is 16.7 Å². The van der Waals surface area contributed by atoms with Gasteiger partial charge in [-0.2, -0.15) is 0 Å². The number of nitrogens with zero attached hydrogens (tertiary/aromatic N) is 2. The molecule has 0 radical (unpaired) electrons. The van der Waals surface area contributed by atoms with Crippen molar-refractivity contribution in [3.63, 3.8) is 0 Å². The molecule has 1 N–H and O–H groups in total. The SMILES string of the molecule is C[C@H](NC(=O)C(F)(F)F)[C@H]([Se]c1ccccc1)C(=O)N1CCC[C@H]1C(=O)N(C)C. The fraction of sp³-hybridized carbons (Fsp3) is 0.526. The van der Waals surface area contributed by atoms with Crippen LogP contribution in [0.15, 0.2) is 30.3 Å². The first-order valence-corrected chi connectivity index (χ1v) is 11.0. The van der Waals surface area contributed by atoms with Crippen LogP contribution in [0.2, 0.25) is 4.82 Å². The zero-order valence-corrected chi connectivity index (χ0v) is 18.1. The van der Waals surface area contributed by atoms with E-state index in [1.54, 1.807) is 44.4 Å². The van der Waals surface area contributed by atoms with Gasteiger partial charge in [-0.3, -0.25) is 0 Å². The molecule has 160 valence electrons. The number of likely N-dealkylation sites (N-methyl/N-ethyl adjacent to an activating group) is 1. The Morgan fingerprint density at radius 2 is 1.83 bits per heavy atom. The number of hydrogen-bond acceptors (Lipinski definition) is 3. The van der Waals surface area contributed by atoms with E-state index < -0.39 is 49.8 Å². The summed E-state index contributed by atoms with van der Waals surface area (Å²) in [6, 6.07) is 7.30. The maximum absolute atomic E-state index is 13.3. The number of likely N-dealkylation sites (tertiary alicyclic amines) is 1. The first-order chi connectivity index (χ1) is 13.5. The number of halogens is 3. The number of hydrogen-bond donors (Lipinski definition) is 1. The number of nitrogens with one attached hydrogen (secondary N) is 1. The van der Waals surface area contributed by atoms with Crippen LogP contribution in [-0.2, 0) is 14.4 Å². The molecular formula is C19H24F3N3O3Se. The van der Waals surface area contributed by atoms with E-state index in [-0.39, 0.29) is 5.91 Å². The van der Waals surface area contributed by atoms with Crippen LogP contribution in [0.1, 0.15) is 19.8 Å². The van der Waals surface area contributed by atoms with Crippen molar-refractivity contribution in [2.75, 3.05) is 20.6 Å². The van der Waals surface area contributed by atoms with Crippen LogP contribution in [-0.4, -0.2) is 81.4 Å². The van der Waals surface area contributed by atoms with Crippen LogP contribution in [0.25, 0.3) is 0 Å². The van der Waals surface area contributed by atoms with E-state index in [0.717, 1.165) is 4.46 Å². The minimum atomic E-state index is -5.03. The molecule has 0 aliphatic carbocycles. The fourth-order valence-corrected chi connectivity index (χ4v) is 5.47. The molecule has 1 aromatic carbocycles. The quantitative estimate of drug-likeness (QED) is 0.620. The Morgan fingerprint density at radius 3 is 2.38 bits per heavy atom. The van der Waals surface area contributed by atoms with Gasteiger partial charge in [0.1, 0.15) is 0 Å². The molecule has 0 unspecified atom stereocenters. The number of benzene rings is 1. The summed E-state index contributed by atoms with van der Waals surface area (Å²) in [6.45, 7) is 1.76. The summed E-state index contributed by atoms with van der Waals surface area (Å²) in [4.78, 5) is 39.1. The van der Waals surface area contributed by atoms with Crippen LogP contribution in [0.5, 0.6) is 0 Å². The molecule has 3 atom stereocenters. The van der Waals surface area contributed by atoms with Gasteiger partial charge in [-0.25, -0.2) is 0 Å². The zero-order valence-electron chi connectivity index (χ0n) is 16.4. The number of amides is 3. The molecule has 10 heteroatoms. The van der Waals surface area contributed by atoms with Gasteiger partial charge in [-0.15, -0.1) is 0 Å². The summed E-state index contributed by atoms with van der Waals surface area (Å²) in [7, 11) is 3.20. The van der Waals surface area contributed by atoms with Gasteiger partial charge in [0.2, 0.25) is 0 Å². The Balaban J connectivity index is 2.27. The molecular weight excluding hydrogens is 454 g/mol. The zero-order chi connectivity index (χ0) is 21.8. The Kier molecular flexibility index (Phi) is 7.71. The van der Waals surface area contributed by atoms with Crippen LogP contribution in [0, 0.1) is 0 Å². The summed E-state index contributed by atoms with van der Waals surface area (Å²) in [5.41, 5.74) is 0. The monoisotopic (exact) mass is 479 g/mol. The number of rotatable bonds is 6. The molecule has 1 fully saturated rings. The minimum absolute atomic E-state index is 0.214. The Bertz CT molecular complexity index is 743. The predicted molar refractivity (Wildman–Crippen MR) is 103 cm³/mol. The van der Waals surface area contributed by atoms with Crippen molar-refractivity contribution in [2.45, 2.75) is 42.8 Å². The van der Waals surface area contributed by atoms with Gasteiger partial charge in [-0.1, -0.05) is 0 Å². The normalized spacial score (nSPS) is 18.8. The molecule has 1 aliphatic heterocycles. The first kappa shape index (κ1) is 23.2. The average Bonchev–Trinajstić information content (AvgIpc) is 3.14. The molecule has 1 heterocycles. The van der Waals surface area contributed by atoms with E-state index in [4.69, 9.17) is 0 Å².